The molecule has 9 nitrogen and oxygen atoms in total. The van der Waals surface area contributed by atoms with Crippen molar-refractivity contribution in [2.75, 3.05) is 17.1 Å². The molecule has 3 aromatic carbocycles. The molecule has 0 spiro atoms. The standard InChI is InChI=1S/C20H19N3O6S2/c1-29-17-8-2-14(3-9-17)20(24)22-15-4-12-19(13-5-15)31(27,28)23-16-6-10-18(11-7-16)30(21,25)26/h2-13,23H,1H3,(H,22,24)(H2,21,25,26). The van der Waals surface area contributed by atoms with Gasteiger partial charge in [0, 0.05) is 16.9 Å². The van der Waals surface area contributed by atoms with Crippen LogP contribution in [0.5, 0.6) is 5.75 Å². The number of nitrogens with one attached hydrogen (secondary N) is 2. The molecule has 0 aromatic heterocycles. The van der Waals surface area contributed by atoms with Crippen molar-refractivity contribution in [3.63, 3.8) is 0 Å². The van der Waals surface area contributed by atoms with E-state index in [1.165, 1.54) is 55.6 Å². The average molecular weight is 462 g/mol. The molecule has 0 atom stereocenters. The third-order valence-corrected chi connectivity index (χ3v) is 6.54. The normalized spacial score (nSPS) is 11.5. The molecule has 11 heteroatoms. The molecular formula is C20H19N3O6S2. The zero-order valence-corrected chi connectivity index (χ0v) is 17.9. The van der Waals surface area contributed by atoms with Crippen LogP contribution in [0.1, 0.15) is 10.4 Å². The Labute approximate surface area is 180 Å². The van der Waals surface area contributed by atoms with Crippen molar-refractivity contribution >= 4 is 37.3 Å². The van der Waals surface area contributed by atoms with Crippen LogP contribution in [-0.4, -0.2) is 29.9 Å². The Morgan fingerprint density at radius 3 is 1.81 bits per heavy atom. The van der Waals surface area contributed by atoms with Crippen molar-refractivity contribution in [3.8, 4) is 5.75 Å². The molecule has 0 heterocycles. The van der Waals surface area contributed by atoms with Crippen molar-refractivity contribution in [3.05, 3.63) is 78.4 Å². The summed E-state index contributed by atoms with van der Waals surface area (Å²) >= 11 is 0. The second kappa shape index (κ2) is 8.76. The van der Waals surface area contributed by atoms with Crippen LogP contribution in [0.3, 0.4) is 0 Å². The fourth-order valence-electron chi connectivity index (χ4n) is 2.59. The van der Waals surface area contributed by atoms with Crippen LogP contribution >= 0.6 is 0 Å². The molecular weight excluding hydrogens is 442 g/mol. The van der Waals surface area contributed by atoms with Crippen LogP contribution in [0.2, 0.25) is 0 Å². The van der Waals surface area contributed by atoms with E-state index < -0.39 is 20.0 Å². The lowest BCUT2D eigenvalue weighted by Gasteiger charge is -2.10. The summed E-state index contributed by atoms with van der Waals surface area (Å²) < 4.78 is 55.1. The van der Waals surface area contributed by atoms with E-state index in [9.17, 15) is 21.6 Å². The highest BCUT2D eigenvalue weighted by Gasteiger charge is 2.15. The first-order valence-electron chi connectivity index (χ1n) is 8.80. The lowest BCUT2D eigenvalue weighted by molar-refractivity contribution is 0.102. The maximum atomic E-state index is 12.5. The SMILES string of the molecule is COc1ccc(C(=O)Nc2ccc(S(=O)(=O)Nc3ccc(S(N)(=O)=O)cc3)cc2)cc1. The molecule has 0 radical (unpaired) electrons. The Kier molecular flexibility index (Phi) is 6.29. The molecule has 0 fully saturated rings. The van der Waals surface area contributed by atoms with Crippen LogP contribution in [0, 0.1) is 0 Å². The van der Waals surface area contributed by atoms with Gasteiger partial charge in [-0.3, -0.25) is 9.52 Å². The second-order valence-electron chi connectivity index (χ2n) is 6.38. The van der Waals surface area contributed by atoms with Crippen LogP contribution in [0.25, 0.3) is 0 Å². The van der Waals surface area contributed by atoms with E-state index in [1.54, 1.807) is 24.3 Å². The molecule has 0 aliphatic rings. The van der Waals surface area contributed by atoms with E-state index in [0.717, 1.165) is 0 Å². The summed E-state index contributed by atoms with van der Waals surface area (Å²) in [7, 11) is -6.27. The molecule has 31 heavy (non-hydrogen) atoms. The maximum absolute atomic E-state index is 12.5. The molecule has 3 rings (SSSR count). The molecule has 0 aliphatic heterocycles. The van der Waals surface area contributed by atoms with Crippen molar-refractivity contribution in [2.45, 2.75) is 9.79 Å². The minimum atomic E-state index is -3.92. The molecule has 0 aliphatic carbocycles. The number of hydrogen-bond acceptors (Lipinski definition) is 6. The topological polar surface area (TPSA) is 145 Å². The van der Waals surface area contributed by atoms with E-state index in [4.69, 9.17) is 9.88 Å². The van der Waals surface area contributed by atoms with Crippen molar-refractivity contribution < 1.29 is 26.4 Å². The Balaban J connectivity index is 1.70. The summed E-state index contributed by atoms with van der Waals surface area (Å²) in [5, 5.41) is 7.70. The number of ether oxygens (including phenoxy) is 1. The Hall–Kier alpha value is -3.41. The van der Waals surface area contributed by atoms with Gasteiger partial charge in [0.15, 0.2) is 0 Å². The van der Waals surface area contributed by atoms with E-state index in [-0.39, 0.29) is 21.4 Å². The van der Waals surface area contributed by atoms with Crippen molar-refractivity contribution in [1.29, 1.82) is 0 Å². The van der Waals surface area contributed by atoms with E-state index >= 15 is 0 Å². The third-order valence-electron chi connectivity index (χ3n) is 4.21. The Morgan fingerprint density at radius 2 is 1.29 bits per heavy atom. The first-order chi connectivity index (χ1) is 14.6. The molecule has 3 aromatic rings. The fourth-order valence-corrected chi connectivity index (χ4v) is 4.16. The highest BCUT2D eigenvalue weighted by molar-refractivity contribution is 7.92. The van der Waals surface area contributed by atoms with Gasteiger partial charge in [0.2, 0.25) is 10.0 Å². The third kappa shape index (κ3) is 5.60. The number of carbonyl (C=O) groups excluding carboxylic acids is 1. The summed E-state index contributed by atoms with van der Waals surface area (Å²) in [6, 6.07) is 17.1. The second-order valence-corrected chi connectivity index (χ2v) is 9.63. The fraction of sp³-hybridized carbons (Fsp3) is 0.0500. The van der Waals surface area contributed by atoms with Gasteiger partial charge < -0.3 is 10.1 Å². The lowest BCUT2D eigenvalue weighted by Crippen LogP contribution is -2.15. The van der Waals surface area contributed by atoms with E-state index in [1.807, 2.05) is 0 Å². The van der Waals surface area contributed by atoms with E-state index in [2.05, 4.69) is 10.0 Å². The molecule has 0 saturated heterocycles. The van der Waals surface area contributed by atoms with Gasteiger partial charge in [-0.25, -0.2) is 22.0 Å². The molecule has 4 N–H and O–H groups in total. The summed E-state index contributed by atoms with van der Waals surface area (Å²) in [5.41, 5.74) is 1.00. The minimum absolute atomic E-state index is 0.0366. The molecule has 0 unspecified atom stereocenters. The zero-order chi connectivity index (χ0) is 22.6. The van der Waals surface area contributed by atoms with Crippen molar-refractivity contribution in [1.82, 2.24) is 0 Å². The van der Waals surface area contributed by atoms with Crippen LogP contribution < -0.4 is 19.9 Å². The summed E-state index contributed by atoms with van der Waals surface area (Å²) in [4.78, 5) is 12.1. The number of anilines is 2. The summed E-state index contributed by atoms with van der Waals surface area (Å²) in [6.45, 7) is 0. The first-order valence-corrected chi connectivity index (χ1v) is 11.8. The predicted molar refractivity (Wildman–Crippen MR) is 116 cm³/mol. The number of benzene rings is 3. The highest BCUT2D eigenvalue weighted by atomic mass is 32.2. The predicted octanol–water partition coefficient (Wildman–Crippen LogP) is 2.40. The smallest absolute Gasteiger partial charge is 0.261 e. The van der Waals surface area contributed by atoms with Crippen molar-refractivity contribution in [2.24, 2.45) is 5.14 Å². The minimum Gasteiger partial charge on any atom is -0.497 e. The number of methoxy groups -OCH3 is 1. The van der Waals surface area contributed by atoms with Gasteiger partial charge in [0.25, 0.3) is 15.9 Å². The van der Waals surface area contributed by atoms with Gasteiger partial charge >= 0.3 is 0 Å². The first kappa shape index (κ1) is 22.3. The number of sulfonamides is 2. The molecule has 1 amide bonds. The number of primary sulfonamides is 1. The summed E-state index contributed by atoms with van der Waals surface area (Å²) in [5.74, 6) is 0.268. The van der Waals surface area contributed by atoms with Crippen LogP contribution in [0.15, 0.2) is 82.6 Å². The number of nitrogens with two attached hydrogens (primary N) is 1. The lowest BCUT2D eigenvalue weighted by atomic mass is 10.2. The van der Waals surface area contributed by atoms with Gasteiger partial charge in [-0.2, -0.15) is 0 Å². The number of hydrogen-bond donors (Lipinski definition) is 3. The molecule has 0 bridgehead atoms. The molecule has 0 saturated carbocycles. The quantitative estimate of drug-likeness (QED) is 0.493. The van der Waals surface area contributed by atoms with Gasteiger partial charge in [0.1, 0.15) is 5.75 Å². The van der Waals surface area contributed by atoms with Gasteiger partial charge in [-0.05, 0) is 72.8 Å². The Morgan fingerprint density at radius 1 is 0.774 bits per heavy atom. The van der Waals surface area contributed by atoms with Crippen LogP contribution in [0.4, 0.5) is 11.4 Å². The van der Waals surface area contributed by atoms with Gasteiger partial charge in [-0.15, -0.1) is 0 Å². The number of carbonyl (C=O) groups is 1. The monoisotopic (exact) mass is 461 g/mol. The Bertz CT molecular complexity index is 1290. The van der Waals surface area contributed by atoms with Gasteiger partial charge in [-0.1, -0.05) is 0 Å². The zero-order valence-electron chi connectivity index (χ0n) is 16.3. The highest BCUT2D eigenvalue weighted by Crippen LogP contribution is 2.20. The average Bonchev–Trinajstić information content (AvgIpc) is 2.73. The largest absolute Gasteiger partial charge is 0.497 e. The maximum Gasteiger partial charge on any atom is 0.261 e. The number of amides is 1. The van der Waals surface area contributed by atoms with E-state index in [0.29, 0.717) is 17.0 Å². The van der Waals surface area contributed by atoms with Gasteiger partial charge in [0.05, 0.1) is 16.9 Å². The van der Waals surface area contributed by atoms with Crippen LogP contribution in [-0.2, 0) is 20.0 Å². The number of rotatable bonds is 7. The molecule has 162 valence electrons. The summed E-state index contributed by atoms with van der Waals surface area (Å²) in [6.07, 6.45) is 0.